The molecule has 2 aromatic rings. The van der Waals surface area contributed by atoms with Gasteiger partial charge in [-0.1, -0.05) is 12.1 Å². The average molecular weight is 213 g/mol. The molecule has 1 aliphatic heterocycles. The third-order valence-corrected chi connectivity index (χ3v) is 3.08. The lowest BCUT2D eigenvalue weighted by molar-refractivity contribution is 0.862. The first-order valence-corrected chi connectivity index (χ1v) is 5.79. The molecular formula is C13H15N3. The molecule has 0 amide bonds. The van der Waals surface area contributed by atoms with Gasteiger partial charge in [0.25, 0.3) is 0 Å². The molecule has 16 heavy (non-hydrogen) atoms. The summed E-state index contributed by atoms with van der Waals surface area (Å²) < 4.78 is 1.94. The van der Waals surface area contributed by atoms with Crippen molar-refractivity contribution >= 4 is 5.69 Å². The Balaban J connectivity index is 2.04. The third kappa shape index (κ3) is 1.58. The Labute approximate surface area is 95.3 Å². The number of hydrogen-bond acceptors (Lipinski definition) is 2. The third-order valence-electron chi connectivity index (χ3n) is 3.08. The zero-order valence-electron chi connectivity index (χ0n) is 9.21. The van der Waals surface area contributed by atoms with E-state index in [2.05, 4.69) is 34.3 Å². The highest BCUT2D eigenvalue weighted by molar-refractivity contribution is 5.62. The van der Waals surface area contributed by atoms with Gasteiger partial charge in [0, 0.05) is 25.5 Å². The van der Waals surface area contributed by atoms with Crippen molar-refractivity contribution in [2.75, 3.05) is 18.0 Å². The topological polar surface area (TPSA) is 21.1 Å². The first-order chi connectivity index (χ1) is 7.95. The fourth-order valence-electron chi connectivity index (χ4n) is 2.29. The van der Waals surface area contributed by atoms with Crippen LogP contribution >= 0.6 is 0 Å². The quantitative estimate of drug-likeness (QED) is 0.764. The lowest BCUT2D eigenvalue weighted by Gasteiger charge is -2.20. The SMILES string of the molecule is c1ccc(-n2cccn2)c(N2CCCC2)c1. The molecule has 3 heteroatoms. The van der Waals surface area contributed by atoms with E-state index in [4.69, 9.17) is 0 Å². The molecule has 0 radical (unpaired) electrons. The summed E-state index contributed by atoms with van der Waals surface area (Å²) >= 11 is 0. The minimum Gasteiger partial charge on any atom is -0.370 e. The van der Waals surface area contributed by atoms with Gasteiger partial charge < -0.3 is 4.90 Å². The highest BCUT2D eigenvalue weighted by Crippen LogP contribution is 2.26. The van der Waals surface area contributed by atoms with E-state index < -0.39 is 0 Å². The number of benzene rings is 1. The molecule has 0 unspecified atom stereocenters. The highest BCUT2D eigenvalue weighted by Gasteiger charge is 2.15. The summed E-state index contributed by atoms with van der Waals surface area (Å²) in [5.74, 6) is 0. The lowest BCUT2D eigenvalue weighted by Crippen LogP contribution is -2.19. The van der Waals surface area contributed by atoms with E-state index in [-0.39, 0.29) is 0 Å². The van der Waals surface area contributed by atoms with Gasteiger partial charge in [0.05, 0.1) is 11.4 Å². The first kappa shape index (κ1) is 9.46. The van der Waals surface area contributed by atoms with Gasteiger partial charge in [-0.3, -0.25) is 0 Å². The minimum atomic E-state index is 1.16. The summed E-state index contributed by atoms with van der Waals surface area (Å²) in [5, 5.41) is 4.31. The molecule has 1 aromatic carbocycles. The summed E-state index contributed by atoms with van der Waals surface area (Å²) in [6.07, 6.45) is 6.41. The van der Waals surface area contributed by atoms with E-state index >= 15 is 0 Å². The highest BCUT2D eigenvalue weighted by atomic mass is 15.3. The van der Waals surface area contributed by atoms with Crippen LogP contribution in [0.4, 0.5) is 5.69 Å². The molecule has 3 nitrogen and oxygen atoms in total. The molecule has 1 fully saturated rings. The fourth-order valence-corrected chi connectivity index (χ4v) is 2.29. The van der Waals surface area contributed by atoms with Crippen LogP contribution in [-0.2, 0) is 0 Å². The average Bonchev–Trinajstić information content (AvgIpc) is 3.03. The van der Waals surface area contributed by atoms with E-state index in [9.17, 15) is 0 Å². The molecule has 0 bridgehead atoms. The van der Waals surface area contributed by atoms with Crippen LogP contribution in [0, 0.1) is 0 Å². The monoisotopic (exact) mass is 213 g/mol. The molecular weight excluding hydrogens is 198 g/mol. The predicted octanol–water partition coefficient (Wildman–Crippen LogP) is 2.47. The molecule has 0 atom stereocenters. The predicted molar refractivity (Wildman–Crippen MR) is 65.0 cm³/mol. The molecule has 0 spiro atoms. The second kappa shape index (κ2) is 4.00. The smallest absolute Gasteiger partial charge is 0.0878 e. The number of anilines is 1. The molecule has 0 N–H and O–H groups in total. The summed E-state index contributed by atoms with van der Waals surface area (Å²) in [4.78, 5) is 2.44. The first-order valence-electron chi connectivity index (χ1n) is 5.79. The minimum absolute atomic E-state index is 1.16. The number of hydrogen-bond donors (Lipinski definition) is 0. The zero-order valence-corrected chi connectivity index (χ0v) is 9.21. The van der Waals surface area contributed by atoms with Crippen LogP contribution in [0.15, 0.2) is 42.7 Å². The maximum absolute atomic E-state index is 4.31. The number of rotatable bonds is 2. The van der Waals surface area contributed by atoms with Crippen LogP contribution in [0.3, 0.4) is 0 Å². The Bertz CT molecular complexity index is 456. The fraction of sp³-hybridized carbons (Fsp3) is 0.308. The van der Waals surface area contributed by atoms with Crippen molar-refractivity contribution in [3.63, 3.8) is 0 Å². The van der Waals surface area contributed by atoms with Gasteiger partial charge in [-0.2, -0.15) is 5.10 Å². The number of aromatic nitrogens is 2. The summed E-state index contributed by atoms with van der Waals surface area (Å²) in [6.45, 7) is 2.33. The Morgan fingerprint density at radius 3 is 2.38 bits per heavy atom. The molecule has 0 aliphatic carbocycles. The van der Waals surface area contributed by atoms with Gasteiger partial charge in [-0.05, 0) is 31.0 Å². The maximum atomic E-state index is 4.31. The normalized spacial score (nSPS) is 15.6. The second-order valence-electron chi connectivity index (χ2n) is 4.13. The van der Waals surface area contributed by atoms with E-state index in [1.165, 1.54) is 24.2 Å². The van der Waals surface area contributed by atoms with Crippen molar-refractivity contribution in [1.82, 2.24) is 9.78 Å². The van der Waals surface area contributed by atoms with Crippen molar-refractivity contribution in [3.8, 4) is 5.69 Å². The van der Waals surface area contributed by atoms with E-state index in [0.29, 0.717) is 0 Å². The lowest BCUT2D eigenvalue weighted by atomic mass is 10.2. The molecule has 1 aliphatic rings. The van der Waals surface area contributed by atoms with Crippen molar-refractivity contribution < 1.29 is 0 Å². The second-order valence-corrected chi connectivity index (χ2v) is 4.13. The Hall–Kier alpha value is -1.77. The van der Waals surface area contributed by atoms with Crippen LogP contribution < -0.4 is 4.90 Å². The van der Waals surface area contributed by atoms with Crippen LogP contribution in [0.1, 0.15) is 12.8 Å². The van der Waals surface area contributed by atoms with Gasteiger partial charge in [0.2, 0.25) is 0 Å². The molecule has 0 saturated carbocycles. The van der Waals surface area contributed by atoms with E-state index in [0.717, 1.165) is 13.1 Å². The largest absolute Gasteiger partial charge is 0.370 e. The van der Waals surface area contributed by atoms with Crippen molar-refractivity contribution in [2.24, 2.45) is 0 Å². The molecule has 82 valence electrons. The van der Waals surface area contributed by atoms with Gasteiger partial charge >= 0.3 is 0 Å². The van der Waals surface area contributed by atoms with Crippen molar-refractivity contribution in [1.29, 1.82) is 0 Å². The number of para-hydroxylation sites is 2. The van der Waals surface area contributed by atoms with Gasteiger partial charge in [0.15, 0.2) is 0 Å². The molecule has 1 aromatic heterocycles. The molecule has 1 saturated heterocycles. The Kier molecular flexibility index (Phi) is 2.37. The standard InChI is InChI=1S/C13H15N3/c1-2-7-13(16-11-5-8-14-16)12(6-1)15-9-3-4-10-15/h1-2,5-8,11H,3-4,9-10H2. The van der Waals surface area contributed by atoms with Crippen LogP contribution in [-0.4, -0.2) is 22.9 Å². The van der Waals surface area contributed by atoms with E-state index in [1.54, 1.807) is 0 Å². The van der Waals surface area contributed by atoms with Crippen LogP contribution in [0.25, 0.3) is 5.69 Å². The van der Waals surface area contributed by atoms with Crippen LogP contribution in [0.2, 0.25) is 0 Å². The molecule has 3 rings (SSSR count). The van der Waals surface area contributed by atoms with Gasteiger partial charge in [-0.15, -0.1) is 0 Å². The Morgan fingerprint density at radius 2 is 1.69 bits per heavy atom. The summed E-state index contributed by atoms with van der Waals surface area (Å²) in [6, 6.07) is 10.4. The summed E-state index contributed by atoms with van der Waals surface area (Å²) in [5.41, 5.74) is 2.47. The molecule has 2 heterocycles. The zero-order chi connectivity index (χ0) is 10.8. The Morgan fingerprint density at radius 1 is 0.938 bits per heavy atom. The maximum Gasteiger partial charge on any atom is 0.0878 e. The summed E-state index contributed by atoms with van der Waals surface area (Å²) in [7, 11) is 0. The number of nitrogens with zero attached hydrogens (tertiary/aromatic N) is 3. The van der Waals surface area contributed by atoms with E-state index in [1.807, 2.05) is 23.1 Å². The van der Waals surface area contributed by atoms with Gasteiger partial charge in [-0.25, -0.2) is 4.68 Å². The van der Waals surface area contributed by atoms with Crippen molar-refractivity contribution in [3.05, 3.63) is 42.7 Å². The van der Waals surface area contributed by atoms with Crippen LogP contribution in [0.5, 0.6) is 0 Å². The van der Waals surface area contributed by atoms with Crippen molar-refractivity contribution in [2.45, 2.75) is 12.8 Å². The van der Waals surface area contributed by atoms with Gasteiger partial charge in [0.1, 0.15) is 0 Å².